The van der Waals surface area contributed by atoms with Crippen molar-refractivity contribution >= 4 is 22.5 Å². The maximum Gasteiger partial charge on any atom is 0.235 e. The lowest BCUT2D eigenvalue weighted by atomic mass is 9.92. The van der Waals surface area contributed by atoms with E-state index in [1.807, 2.05) is 30.3 Å². The van der Waals surface area contributed by atoms with E-state index in [1.54, 1.807) is 7.11 Å². The Bertz CT molecular complexity index is 1090. The molecule has 0 radical (unpaired) electrons. The molecule has 1 aromatic heterocycles. The highest BCUT2D eigenvalue weighted by atomic mass is 16.5. The number of hydrogen-bond donors (Lipinski definition) is 2. The van der Waals surface area contributed by atoms with Gasteiger partial charge < -0.3 is 19.7 Å². The van der Waals surface area contributed by atoms with E-state index in [0.717, 1.165) is 53.7 Å². The lowest BCUT2D eigenvalue weighted by Crippen LogP contribution is -2.27. The summed E-state index contributed by atoms with van der Waals surface area (Å²) >= 11 is 0. The number of rotatable bonds is 7. The van der Waals surface area contributed by atoms with E-state index in [-0.39, 0.29) is 17.9 Å². The molecule has 0 unspecified atom stereocenters. The molecule has 0 saturated heterocycles. The fourth-order valence-corrected chi connectivity index (χ4v) is 4.37. The molecule has 31 heavy (non-hydrogen) atoms. The highest BCUT2D eigenvalue weighted by molar-refractivity contribution is 6.02. The molecule has 5 heteroatoms. The highest BCUT2D eigenvalue weighted by Gasteiger charge is 2.51. The topological polar surface area (TPSA) is 63.5 Å². The SMILES string of the molecule is COc1ccc(C2(C(=O)Nc3ccc4c(c3)cc(C(C)(C)C)n4CCCO)CC2)cc1. The monoisotopic (exact) mass is 420 g/mol. The lowest BCUT2D eigenvalue weighted by molar-refractivity contribution is -0.118. The van der Waals surface area contributed by atoms with E-state index in [4.69, 9.17) is 4.74 Å². The number of benzene rings is 2. The number of aliphatic hydroxyl groups excluding tert-OH is 1. The Morgan fingerprint density at radius 3 is 2.42 bits per heavy atom. The van der Waals surface area contributed by atoms with E-state index < -0.39 is 5.41 Å². The van der Waals surface area contributed by atoms with Crippen molar-refractivity contribution in [2.45, 2.75) is 57.4 Å². The Labute approximate surface area is 184 Å². The van der Waals surface area contributed by atoms with Crippen LogP contribution in [0.4, 0.5) is 5.69 Å². The number of aliphatic hydroxyl groups is 1. The van der Waals surface area contributed by atoms with Crippen molar-refractivity contribution in [1.82, 2.24) is 4.57 Å². The van der Waals surface area contributed by atoms with Crippen LogP contribution >= 0.6 is 0 Å². The summed E-state index contributed by atoms with van der Waals surface area (Å²) in [6.45, 7) is 7.55. The van der Waals surface area contributed by atoms with Crippen molar-refractivity contribution in [3.8, 4) is 5.75 Å². The minimum Gasteiger partial charge on any atom is -0.497 e. The van der Waals surface area contributed by atoms with E-state index in [0.29, 0.717) is 0 Å². The summed E-state index contributed by atoms with van der Waals surface area (Å²) in [6, 6.07) is 16.1. The third-order valence-corrected chi connectivity index (χ3v) is 6.29. The van der Waals surface area contributed by atoms with Crippen LogP contribution in [0.25, 0.3) is 10.9 Å². The average molecular weight is 421 g/mol. The van der Waals surface area contributed by atoms with Crippen LogP contribution in [0.2, 0.25) is 0 Å². The zero-order valence-corrected chi connectivity index (χ0v) is 18.9. The quantitative estimate of drug-likeness (QED) is 0.565. The molecule has 4 rings (SSSR count). The largest absolute Gasteiger partial charge is 0.497 e. The fraction of sp³-hybridized carbons (Fsp3) is 0.423. The smallest absolute Gasteiger partial charge is 0.235 e. The number of aryl methyl sites for hydroxylation is 1. The summed E-state index contributed by atoms with van der Waals surface area (Å²) in [5.74, 6) is 0.846. The van der Waals surface area contributed by atoms with Gasteiger partial charge in [0.2, 0.25) is 5.91 Å². The van der Waals surface area contributed by atoms with Crippen LogP contribution in [-0.2, 0) is 22.2 Å². The summed E-state index contributed by atoms with van der Waals surface area (Å²) in [6.07, 6.45) is 2.44. The van der Waals surface area contributed by atoms with E-state index in [1.165, 1.54) is 5.69 Å². The van der Waals surface area contributed by atoms with Gasteiger partial charge in [0.05, 0.1) is 12.5 Å². The minimum atomic E-state index is -0.440. The molecule has 0 atom stereocenters. The zero-order chi connectivity index (χ0) is 22.2. The van der Waals surface area contributed by atoms with Crippen molar-refractivity contribution in [2.75, 3.05) is 19.0 Å². The first kappa shape index (κ1) is 21.4. The number of amides is 1. The van der Waals surface area contributed by atoms with Crippen LogP contribution in [0.1, 0.15) is 51.3 Å². The predicted octanol–water partition coefficient (Wildman–Crippen LogP) is 5.00. The Morgan fingerprint density at radius 2 is 1.84 bits per heavy atom. The molecule has 2 N–H and O–H groups in total. The summed E-state index contributed by atoms with van der Waals surface area (Å²) in [5, 5.41) is 13.6. The number of fused-ring (bicyclic) bond motifs is 1. The van der Waals surface area contributed by atoms with E-state index in [2.05, 4.69) is 48.9 Å². The Kier molecular flexibility index (Phi) is 5.56. The van der Waals surface area contributed by atoms with Crippen molar-refractivity contribution in [3.05, 3.63) is 59.8 Å². The number of aromatic nitrogens is 1. The van der Waals surface area contributed by atoms with Crippen molar-refractivity contribution in [1.29, 1.82) is 0 Å². The molecule has 1 amide bonds. The molecule has 1 saturated carbocycles. The number of nitrogens with one attached hydrogen (secondary N) is 1. The molecule has 0 spiro atoms. The number of nitrogens with zero attached hydrogens (tertiary/aromatic N) is 1. The van der Waals surface area contributed by atoms with Crippen molar-refractivity contribution in [2.24, 2.45) is 0 Å². The molecular formula is C26H32N2O3. The van der Waals surface area contributed by atoms with Gasteiger partial charge >= 0.3 is 0 Å². The molecule has 1 aliphatic carbocycles. The highest BCUT2D eigenvalue weighted by Crippen LogP contribution is 2.49. The summed E-state index contributed by atoms with van der Waals surface area (Å²) in [5.41, 5.74) is 3.77. The molecule has 1 heterocycles. The minimum absolute atomic E-state index is 0.00960. The van der Waals surface area contributed by atoms with Crippen molar-refractivity contribution in [3.63, 3.8) is 0 Å². The van der Waals surface area contributed by atoms with Crippen LogP contribution in [0.5, 0.6) is 5.75 Å². The first-order valence-corrected chi connectivity index (χ1v) is 11.0. The van der Waals surface area contributed by atoms with Gasteiger partial charge in [0.25, 0.3) is 0 Å². The zero-order valence-electron chi connectivity index (χ0n) is 18.9. The van der Waals surface area contributed by atoms with Crippen molar-refractivity contribution < 1.29 is 14.6 Å². The van der Waals surface area contributed by atoms with Crippen LogP contribution < -0.4 is 10.1 Å². The second-order valence-electron chi connectivity index (χ2n) is 9.55. The maximum absolute atomic E-state index is 13.2. The van der Waals surface area contributed by atoms with Gasteiger partial charge in [-0.3, -0.25) is 4.79 Å². The van der Waals surface area contributed by atoms with Gasteiger partial charge in [-0.25, -0.2) is 0 Å². The van der Waals surface area contributed by atoms with Gasteiger partial charge in [-0.15, -0.1) is 0 Å². The number of anilines is 1. The molecule has 3 aromatic rings. The van der Waals surface area contributed by atoms with Gasteiger partial charge in [-0.05, 0) is 61.2 Å². The first-order chi connectivity index (χ1) is 14.8. The Balaban J connectivity index is 1.60. The molecule has 0 aliphatic heterocycles. The Morgan fingerprint density at radius 1 is 1.13 bits per heavy atom. The number of carbonyl (C=O) groups is 1. The second-order valence-corrected chi connectivity index (χ2v) is 9.55. The molecular weight excluding hydrogens is 388 g/mol. The van der Waals surface area contributed by atoms with Crippen LogP contribution in [0, 0.1) is 0 Å². The average Bonchev–Trinajstić information content (AvgIpc) is 3.48. The summed E-state index contributed by atoms with van der Waals surface area (Å²) < 4.78 is 7.53. The number of methoxy groups -OCH3 is 1. The molecule has 164 valence electrons. The van der Waals surface area contributed by atoms with Gasteiger partial charge in [0.1, 0.15) is 5.75 Å². The van der Waals surface area contributed by atoms with Gasteiger partial charge in [-0.2, -0.15) is 0 Å². The Hall–Kier alpha value is -2.79. The number of ether oxygens (including phenoxy) is 1. The van der Waals surface area contributed by atoms with Crippen LogP contribution in [0.15, 0.2) is 48.5 Å². The molecule has 1 fully saturated rings. The predicted molar refractivity (Wildman–Crippen MR) is 125 cm³/mol. The van der Waals surface area contributed by atoms with Gasteiger partial charge in [0.15, 0.2) is 0 Å². The standard InChI is InChI=1S/C26H32N2O3/c1-25(2,3)23-17-18-16-20(8-11-22(18)28(23)14-5-15-29)27-24(30)26(12-13-26)19-6-9-21(31-4)10-7-19/h6-11,16-17,29H,5,12-15H2,1-4H3,(H,27,30). The fourth-order valence-electron chi connectivity index (χ4n) is 4.37. The third kappa shape index (κ3) is 4.07. The number of hydrogen-bond acceptors (Lipinski definition) is 3. The molecule has 5 nitrogen and oxygen atoms in total. The molecule has 1 aliphatic rings. The summed E-state index contributed by atoms with van der Waals surface area (Å²) in [4.78, 5) is 13.2. The molecule has 0 bridgehead atoms. The maximum atomic E-state index is 13.2. The van der Waals surface area contributed by atoms with Gasteiger partial charge in [-0.1, -0.05) is 32.9 Å². The second kappa shape index (κ2) is 8.04. The van der Waals surface area contributed by atoms with Crippen LogP contribution in [-0.4, -0.2) is 29.3 Å². The van der Waals surface area contributed by atoms with Gasteiger partial charge in [0, 0.05) is 40.9 Å². The third-order valence-electron chi connectivity index (χ3n) is 6.29. The normalized spacial score (nSPS) is 15.1. The molecule has 2 aromatic carbocycles. The summed E-state index contributed by atoms with van der Waals surface area (Å²) in [7, 11) is 1.65. The lowest BCUT2D eigenvalue weighted by Gasteiger charge is -2.22. The van der Waals surface area contributed by atoms with Crippen LogP contribution in [0.3, 0.4) is 0 Å². The van der Waals surface area contributed by atoms with E-state index >= 15 is 0 Å². The number of carbonyl (C=O) groups excluding carboxylic acids is 1. The van der Waals surface area contributed by atoms with E-state index in [9.17, 15) is 9.90 Å². The first-order valence-electron chi connectivity index (χ1n) is 11.0.